The molecule has 3 N–H and O–H groups in total. The van der Waals surface area contributed by atoms with E-state index in [1.54, 1.807) is 36.4 Å². The number of carbonyl (C=O) groups excluding carboxylic acids is 1. The molecule has 0 spiro atoms. The highest BCUT2D eigenvalue weighted by Crippen LogP contribution is 2.17. The van der Waals surface area contributed by atoms with Gasteiger partial charge in [0.15, 0.2) is 0 Å². The first-order chi connectivity index (χ1) is 13.0. The summed E-state index contributed by atoms with van der Waals surface area (Å²) in [5.41, 5.74) is 8.14. The van der Waals surface area contributed by atoms with Crippen molar-refractivity contribution in [3.8, 4) is 0 Å². The monoisotopic (exact) mass is 389 g/mol. The van der Waals surface area contributed by atoms with E-state index in [1.165, 1.54) is 4.31 Å². The Bertz CT molecular complexity index is 909. The summed E-state index contributed by atoms with van der Waals surface area (Å²) in [6, 6.07) is 13.9. The Hall–Kier alpha value is -2.42. The predicted molar refractivity (Wildman–Crippen MR) is 103 cm³/mol. The zero-order valence-electron chi connectivity index (χ0n) is 14.9. The standard InChI is InChI=1S/C19H23N3O4S/c20-18-7-3-6-15(12-18)19(23)21-13-16-4-1-2-5-17(16)14-27(24,25)22-8-10-26-11-9-22/h1-7,12H,8-11,13-14,20H2,(H,21,23). The predicted octanol–water partition coefficient (Wildman–Crippen LogP) is 1.36. The Labute approximate surface area is 159 Å². The number of carbonyl (C=O) groups is 1. The van der Waals surface area contributed by atoms with Crippen LogP contribution in [0.2, 0.25) is 0 Å². The first-order valence-corrected chi connectivity index (χ1v) is 10.3. The van der Waals surface area contributed by atoms with Crippen LogP contribution >= 0.6 is 0 Å². The van der Waals surface area contributed by atoms with Crippen LogP contribution in [0.15, 0.2) is 48.5 Å². The lowest BCUT2D eigenvalue weighted by molar-refractivity contribution is 0.0729. The summed E-state index contributed by atoms with van der Waals surface area (Å²) < 4.78 is 32.0. The van der Waals surface area contributed by atoms with Gasteiger partial charge in [0.25, 0.3) is 5.91 Å². The van der Waals surface area contributed by atoms with Crippen molar-refractivity contribution in [2.45, 2.75) is 12.3 Å². The lowest BCUT2D eigenvalue weighted by Gasteiger charge is -2.26. The highest BCUT2D eigenvalue weighted by Gasteiger charge is 2.25. The summed E-state index contributed by atoms with van der Waals surface area (Å²) in [7, 11) is -3.43. The third kappa shape index (κ3) is 5.06. The first-order valence-electron chi connectivity index (χ1n) is 8.72. The van der Waals surface area contributed by atoms with E-state index in [2.05, 4.69) is 5.32 Å². The molecule has 7 nitrogen and oxygen atoms in total. The van der Waals surface area contributed by atoms with Crippen LogP contribution in [-0.2, 0) is 27.1 Å². The van der Waals surface area contributed by atoms with E-state index in [-0.39, 0.29) is 18.2 Å². The molecule has 1 amide bonds. The number of amides is 1. The molecule has 144 valence electrons. The Kier molecular flexibility index (Phi) is 6.10. The van der Waals surface area contributed by atoms with Crippen molar-refractivity contribution in [1.29, 1.82) is 0 Å². The van der Waals surface area contributed by atoms with Crippen molar-refractivity contribution in [1.82, 2.24) is 9.62 Å². The number of morpholine rings is 1. The number of rotatable bonds is 6. The van der Waals surface area contributed by atoms with Crippen molar-refractivity contribution in [3.63, 3.8) is 0 Å². The largest absolute Gasteiger partial charge is 0.399 e. The van der Waals surface area contributed by atoms with Gasteiger partial charge in [-0.05, 0) is 29.3 Å². The second kappa shape index (κ2) is 8.51. The molecular formula is C19H23N3O4S. The van der Waals surface area contributed by atoms with Crippen molar-refractivity contribution in [2.75, 3.05) is 32.0 Å². The van der Waals surface area contributed by atoms with E-state index in [1.807, 2.05) is 12.1 Å². The van der Waals surface area contributed by atoms with Gasteiger partial charge in [0.2, 0.25) is 10.0 Å². The SMILES string of the molecule is Nc1cccc(C(=O)NCc2ccccc2CS(=O)(=O)N2CCOCC2)c1. The summed E-state index contributed by atoms with van der Waals surface area (Å²) in [5.74, 6) is -0.356. The molecule has 0 bridgehead atoms. The second-order valence-corrected chi connectivity index (χ2v) is 8.31. The molecule has 8 heteroatoms. The number of hydrogen-bond acceptors (Lipinski definition) is 5. The van der Waals surface area contributed by atoms with Crippen LogP contribution < -0.4 is 11.1 Å². The summed E-state index contributed by atoms with van der Waals surface area (Å²) in [6.45, 7) is 1.81. The summed E-state index contributed by atoms with van der Waals surface area (Å²) in [6.07, 6.45) is 0. The number of hydrogen-bond donors (Lipinski definition) is 2. The van der Waals surface area contributed by atoms with Crippen molar-refractivity contribution in [3.05, 3.63) is 65.2 Å². The van der Waals surface area contributed by atoms with Gasteiger partial charge in [-0.1, -0.05) is 30.3 Å². The van der Waals surface area contributed by atoms with Gasteiger partial charge in [-0.3, -0.25) is 4.79 Å². The number of nitrogens with one attached hydrogen (secondary N) is 1. The number of sulfonamides is 1. The van der Waals surface area contributed by atoms with Gasteiger partial charge in [0, 0.05) is 30.9 Å². The average molecular weight is 389 g/mol. The zero-order chi connectivity index (χ0) is 19.3. The van der Waals surface area contributed by atoms with Gasteiger partial charge in [-0.2, -0.15) is 4.31 Å². The van der Waals surface area contributed by atoms with Crippen LogP contribution in [0.4, 0.5) is 5.69 Å². The van der Waals surface area contributed by atoms with Crippen LogP contribution in [0.5, 0.6) is 0 Å². The number of nitrogens with two attached hydrogens (primary N) is 1. The van der Waals surface area contributed by atoms with Gasteiger partial charge in [0.1, 0.15) is 0 Å². The van der Waals surface area contributed by atoms with Gasteiger partial charge < -0.3 is 15.8 Å². The third-order valence-electron chi connectivity index (χ3n) is 4.41. The van der Waals surface area contributed by atoms with E-state index in [0.29, 0.717) is 43.1 Å². The number of benzene rings is 2. The maximum absolute atomic E-state index is 12.7. The van der Waals surface area contributed by atoms with Crippen molar-refractivity contribution >= 4 is 21.6 Å². The van der Waals surface area contributed by atoms with E-state index >= 15 is 0 Å². The minimum absolute atomic E-state index is 0.0999. The molecule has 1 saturated heterocycles. The fourth-order valence-electron chi connectivity index (χ4n) is 2.94. The molecule has 0 saturated carbocycles. The fraction of sp³-hybridized carbons (Fsp3) is 0.316. The van der Waals surface area contributed by atoms with Crippen LogP contribution in [0, 0.1) is 0 Å². The van der Waals surface area contributed by atoms with E-state index < -0.39 is 10.0 Å². The lowest BCUT2D eigenvalue weighted by Crippen LogP contribution is -2.41. The lowest BCUT2D eigenvalue weighted by atomic mass is 10.1. The fourth-order valence-corrected chi connectivity index (χ4v) is 4.50. The molecule has 1 heterocycles. The molecule has 0 radical (unpaired) electrons. The number of ether oxygens (including phenoxy) is 1. The first kappa shape index (κ1) is 19.3. The summed E-state index contributed by atoms with van der Waals surface area (Å²) >= 11 is 0. The zero-order valence-corrected chi connectivity index (χ0v) is 15.7. The maximum Gasteiger partial charge on any atom is 0.251 e. The Balaban J connectivity index is 1.69. The summed E-state index contributed by atoms with van der Waals surface area (Å²) in [5, 5.41) is 2.83. The third-order valence-corrected chi connectivity index (χ3v) is 6.24. The molecular weight excluding hydrogens is 366 g/mol. The highest BCUT2D eigenvalue weighted by molar-refractivity contribution is 7.88. The summed E-state index contributed by atoms with van der Waals surface area (Å²) in [4.78, 5) is 12.3. The second-order valence-electron chi connectivity index (χ2n) is 6.34. The number of nitrogens with zero attached hydrogens (tertiary/aromatic N) is 1. The molecule has 0 aromatic heterocycles. The minimum atomic E-state index is -3.43. The van der Waals surface area contributed by atoms with E-state index in [4.69, 9.17) is 10.5 Å². The maximum atomic E-state index is 12.7. The molecule has 3 rings (SSSR count). The molecule has 1 aliphatic heterocycles. The molecule has 1 fully saturated rings. The minimum Gasteiger partial charge on any atom is -0.399 e. The van der Waals surface area contributed by atoms with Crippen molar-refractivity contribution in [2.24, 2.45) is 0 Å². The van der Waals surface area contributed by atoms with Gasteiger partial charge >= 0.3 is 0 Å². The van der Waals surface area contributed by atoms with Crippen molar-refractivity contribution < 1.29 is 17.9 Å². The quantitative estimate of drug-likeness (QED) is 0.727. The number of nitrogen functional groups attached to an aromatic ring is 1. The molecule has 0 unspecified atom stereocenters. The van der Waals surface area contributed by atoms with Crippen LogP contribution in [0.1, 0.15) is 21.5 Å². The van der Waals surface area contributed by atoms with Crippen LogP contribution in [-0.4, -0.2) is 44.9 Å². The van der Waals surface area contributed by atoms with Crippen LogP contribution in [0.25, 0.3) is 0 Å². The molecule has 2 aromatic carbocycles. The Morgan fingerprint density at radius 1 is 1.07 bits per heavy atom. The molecule has 2 aromatic rings. The van der Waals surface area contributed by atoms with E-state index in [0.717, 1.165) is 5.56 Å². The smallest absolute Gasteiger partial charge is 0.251 e. The average Bonchev–Trinajstić information content (AvgIpc) is 2.67. The van der Waals surface area contributed by atoms with Gasteiger partial charge in [-0.15, -0.1) is 0 Å². The van der Waals surface area contributed by atoms with Gasteiger partial charge in [-0.25, -0.2) is 8.42 Å². The van der Waals surface area contributed by atoms with Gasteiger partial charge in [0.05, 0.1) is 19.0 Å². The molecule has 0 aliphatic carbocycles. The normalized spacial score (nSPS) is 15.4. The highest BCUT2D eigenvalue weighted by atomic mass is 32.2. The van der Waals surface area contributed by atoms with Crippen LogP contribution in [0.3, 0.4) is 0 Å². The Morgan fingerprint density at radius 3 is 2.48 bits per heavy atom. The topological polar surface area (TPSA) is 102 Å². The van der Waals surface area contributed by atoms with E-state index in [9.17, 15) is 13.2 Å². The molecule has 0 atom stereocenters. The Morgan fingerprint density at radius 2 is 1.78 bits per heavy atom. The molecule has 1 aliphatic rings. The number of anilines is 1. The molecule has 27 heavy (non-hydrogen) atoms.